The van der Waals surface area contributed by atoms with Crippen LogP contribution >= 0.6 is 0 Å². The van der Waals surface area contributed by atoms with Crippen LogP contribution in [0.15, 0.2) is 69.6 Å². The van der Waals surface area contributed by atoms with Gasteiger partial charge in [0.05, 0.1) is 5.69 Å². The van der Waals surface area contributed by atoms with E-state index in [1.54, 1.807) is 12.3 Å². The number of aromatic amines is 1. The maximum atomic E-state index is 12.1. The van der Waals surface area contributed by atoms with Gasteiger partial charge in [-0.1, -0.05) is 24.3 Å². The minimum Gasteiger partial charge on any atom is -0.383 e. The molecule has 35 heavy (non-hydrogen) atoms. The fraction of sp³-hybridized carbons (Fsp3) is 0.259. The van der Waals surface area contributed by atoms with Crippen LogP contribution in [0.5, 0.6) is 0 Å². The van der Waals surface area contributed by atoms with E-state index < -0.39 is 0 Å². The van der Waals surface area contributed by atoms with Crippen LogP contribution in [-0.2, 0) is 7.05 Å². The number of nitrogens with two attached hydrogens (primary N) is 1. The van der Waals surface area contributed by atoms with Crippen molar-refractivity contribution < 1.29 is 0 Å². The number of aliphatic imine (C=N–C) groups is 2. The van der Waals surface area contributed by atoms with Gasteiger partial charge >= 0.3 is 0 Å². The van der Waals surface area contributed by atoms with Crippen LogP contribution < -0.4 is 16.6 Å². The summed E-state index contributed by atoms with van der Waals surface area (Å²) >= 11 is 0. The maximum Gasteiger partial charge on any atom is 0.255 e. The Labute approximate surface area is 203 Å². The molecular formula is C27H29N7O. The van der Waals surface area contributed by atoms with Gasteiger partial charge in [-0.3, -0.25) is 9.79 Å². The molecule has 0 spiro atoms. The molecular weight excluding hydrogens is 438 g/mol. The largest absolute Gasteiger partial charge is 0.383 e. The minimum absolute atomic E-state index is 0.111. The van der Waals surface area contributed by atoms with Gasteiger partial charge in [-0.05, 0) is 55.8 Å². The summed E-state index contributed by atoms with van der Waals surface area (Å²) in [6, 6.07) is 13.5. The molecule has 5 rings (SSSR count). The van der Waals surface area contributed by atoms with Crippen LogP contribution in [-0.4, -0.2) is 32.9 Å². The number of rotatable bonds is 5. The first-order chi connectivity index (χ1) is 16.9. The zero-order chi connectivity index (χ0) is 24.5. The molecule has 178 valence electrons. The maximum absolute atomic E-state index is 12.1. The number of H-pyrrole nitrogens is 1. The Kier molecular flexibility index (Phi) is 5.94. The molecule has 2 heterocycles. The van der Waals surface area contributed by atoms with Gasteiger partial charge in [0.1, 0.15) is 11.7 Å². The summed E-state index contributed by atoms with van der Waals surface area (Å²) in [7, 11) is 2.06. The molecule has 1 aliphatic rings. The van der Waals surface area contributed by atoms with Crippen molar-refractivity contribution >= 4 is 28.3 Å². The number of fused-ring (bicyclic) bond motifs is 1. The second kappa shape index (κ2) is 9.21. The molecule has 0 saturated heterocycles. The summed E-state index contributed by atoms with van der Waals surface area (Å²) in [5.74, 6) is 2.54. The van der Waals surface area contributed by atoms with Crippen LogP contribution in [0.25, 0.3) is 22.0 Å². The Morgan fingerprint density at radius 2 is 1.94 bits per heavy atom. The Morgan fingerprint density at radius 3 is 2.66 bits per heavy atom. The van der Waals surface area contributed by atoms with E-state index >= 15 is 0 Å². The summed E-state index contributed by atoms with van der Waals surface area (Å²) in [6.07, 6.45) is 6.18. The number of nitrogens with one attached hydrogen (secondary N) is 2. The van der Waals surface area contributed by atoms with E-state index in [1.807, 2.05) is 50.2 Å². The van der Waals surface area contributed by atoms with Gasteiger partial charge in [0, 0.05) is 54.1 Å². The van der Waals surface area contributed by atoms with E-state index in [-0.39, 0.29) is 5.56 Å². The molecule has 0 aliphatic heterocycles. The molecule has 1 saturated carbocycles. The van der Waals surface area contributed by atoms with E-state index in [0.29, 0.717) is 29.6 Å². The quantitative estimate of drug-likeness (QED) is 0.300. The summed E-state index contributed by atoms with van der Waals surface area (Å²) in [6.45, 7) is 4.46. The van der Waals surface area contributed by atoms with Crippen LogP contribution in [0.4, 0.5) is 5.69 Å². The van der Waals surface area contributed by atoms with E-state index in [1.165, 1.54) is 12.8 Å². The zero-order valence-electron chi connectivity index (χ0n) is 20.2. The van der Waals surface area contributed by atoms with Crippen molar-refractivity contribution in [2.75, 3.05) is 11.9 Å². The Hall–Kier alpha value is -4.20. The number of pyridine rings is 1. The van der Waals surface area contributed by atoms with Crippen LogP contribution in [0.2, 0.25) is 0 Å². The Balaban J connectivity index is 1.38. The van der Waals surface area contributed by atoms with Crippen molar-refractivity contribution in [3.8, 4) is 11.3 Å². The topological polar surface area (TPSA) is 113 Å². The lowest BCUT2D eigenvalue weighted by atomic mass is 10.1. The number of amidine groups is 1. The summed E-state index contributed by atoms with van der Waals surface area (Å²) in [4.78, 5) is 28.7. The SMILES string of the molecule is CCN=C(/N=C(\N)c1ccc(-c2cn(C)c(C3CC3)n2)cc1)Nc1ccc2c(=O)[nH]ccc2c1C. The lowest BCUT2D eigenvalue weighted by Gasteiger charge is -2.12. The molecule has 0 radical (unpaired) electrons. The lowest BCUT2D eigenvalue weighted by molar-refractivity contribution is 0.799. The number of hydrogen-bond acceptors (Lipinski definition) is 3. The number of aromatic nitrogens is 3. The normalized spacial score (nSPS) is 14.5. The van der Waals surface area contributed by atoms with E-state index in [9.17, 15) is 4.79 Å². The zero-order valence-corrected chi connectivity index (χ0v) is 20.2. The van der Waals surface area contributed by atoms with Gasteiger partial charge in [-0.25, -0.2) is 4.98 Å². The molecule has 0 bridgehead atoms. The number of guanidine groups is 1. The minimum atomic E-state index is -0.111. The van der Waals surface area contributed by atoms with E-state index in [2.05, 4.69) is 38.1 Å². The summed E-state index contributed by atoms with van der Waals surface area (Å²) in [5, 5.41) is 4.80. The van der Waals surface area contributed by atoms with Crippen molar-refractivity contribution in [3.63, 3.8) is 0 Å². The van der Waals surface area contributed by atoms with Crippen molar-refractivity contribution in [3.05, 3.63) is 82.2 Å². The van der Waals surface area contributed by atoms with Gasteiger partial charge in [0.25, 0.3) is 5.56 Å². The third-order valence-electron chi connectivity index (χ3n) is 6.34. The highest BCUT2D eigenvalue weighted by molar-refractivity contribution is 6.09. The second-order valence-corrected chi connectivity index (χ2v) is 8.87. The van der Waals surface area contributed by atoms with E-state index in [0.717, 1.165) is 39.3 Å². The molecule has 0 atom stereocenters. The number of aryl methyl sites for hydroxylation is 2. The molecule has 1 aliphatic carbocycles. The lowest BCUT2D eigenvalue weighted by Crippen LogP contribution is -2.20. The standard InChI is InChI=1S/C27H29N7O/c1-4-29-27(32-22-12-11-21-20(16(22)2)13-14-30-26(21)35)33-24(28)18-7-5-17(6-8-18)23-15-34(3)25(31-23)19-9-10-19/h5-8,11-15,19H,4,9-10H2,1-3H3,(H,30,35)(H3,28,29,32,33). The predicted octanol–water partition coefficient (Wildman–Crippen LogP) is 4.31. The number of imidazole rings is 1. The summed E-state index contributed by atoms with van der Waals surface area (Å²) in [5.41, 5.74) is 10.8. The number of benzene rings is 2. The first-order valence-electron chi connectivity index (χ1n) is 11.8. The number of nitrogens with zero attached hydrogens (tertiary/aromatic N) is 4. The van der Waals surface area contributed by atoms with Gasteiger partial charge in [0.2, 0.25) is 5.96 Å². The highest BCUT2D eigenvalue weighted by Crippen LogP contribution is 2.40. The fourth-order valence-corrected chi connectivity index (χ4v) is 4.26. The van der Waals surface area contributed by atoms with Crippen LogP contribution in [0.3, 0.4) is 0 Å². The van der Waals surface area contributed by atoms with Crippen molar-refractivity contribution in [1.29, 1.82) is 0 Å². The van der Waals surface area contributed by atoms with E-state index in [4.69, 9.17) is 10.7 Å². The van der Waals surface area contributed by atoms with Gasteiger partial charge < -0.3 is 20.6 Å². The smallest absolute Gasteiger partial charge is 0.255 e. The molecule has 0 unspecified atom stereocenters. The molecule has 8 nitrogen and oxygen atoms in total. The van der Waals surface area contributed by atoms with Gasteiger partial charge in [-0.2, -0.15) is 4.99 Å². The van der Waals surface area contributed by atoms with Gasteiger partial charge in [-0.15, -0.1) is 0 Å². The third-order valence-corrected chi connectivity index (χ3v) is 6.34. The first kappa shape index (κ1) is 22.6. The monoisotopic (exact) mass is 467 g/mol. The average molecular weight is 468 g/mol. The highest BCUT2D eigenvalue weighted by Gasteiger charge is 2.28. The van der Waals surface area contributed by atoms with Crippen molar-refractivity contribution in [1.82, 2.24) is 14.5 Å². The molecule has 4 aromatic rings. The highest BCUT2D eigenvalue weighted by atomic mass is 16.1. The molecule has 2 aromatic carbocycles. The number of hydrogen-bond donors (Lipinski definition) is 3. The summed E-state index contributed by atoms with van der Waals surface area (Å²) < 4.78 is 2.13. The Morgan fingerprint density at radius 1 is 1.17 bits per heavy atom. The van der Waals surface area contributed by atoms with Crippen molar-refractivity contribution in [2.45, 2.75) is 32.6 Å². The molecule has 1 fully saturated rings. The average Bonchev–Trinajstić information content (AvgIpc) is 3.62. The Bertz CT molecular complexity index is 1510. The van der Waals surface area contributed by atoms with Crippen LogP contribution in [0, 0.1) is 6.92 Å². The van der Waals surface area contributed by atoms with Crippen molar-refractivity contribution in [2.24, 2.45) is 22.8 Å². The predicted molar refractivity (Wildman–Crippen MR) is 142 cm³/mol. The second-order valence-electron chi connectivity index (χ2n) is 8.87. The first-order valence-corrected chi connectivity index (χ1v) is 11.8. The molecule has 0 amide bonds. The molecule has 2 aromatic heterocycles. The fourth-order valence-electron chi connectivity index (χ4n) is 4.26. The van der Waals surface area contributed by atoms with Gasteiger partial charge in [0.15, 0.2) is 0 Å². The number of anilines is 1. The molecule has 8 heteroatoms. The third kappa shape index (κ3) is 4.59. The van der Waals surface area contributed by atoms with Crippen LogP contribution in [0.1, 0.15) is 42.6 Å². The molecule has 4 N–H and O–H groups in total.